The topological polar surface area (TPSA) is 67.4 Å². The first kappa shape index (κ1) is 21.1. The fraction of sp³-hybridized carbons (Fsp3) is 0.0769. The second-order valence-corrected chi connectivity index (χ2v) is 7.17. The predicted molar refractivity (Wildman–Crippen MR) is 122 cm³/mol. The minimum Gasteiger partial charge on any atom is -0.483 e. The highest BCUT2D eigenvalue weighted by Gasteiger charge is 2.09. The molecule has 0 aliphatic heterocycles. The van der Waals surface area contributed by atoms with Crippen molar-refractivity contribution in [3.63, 3.8) is 0 Å². The minimum atomic E-state index is -0.364. The Morgan fingerprint density at radius 1 is 0.812 bits per heavy atom. The van der Waals surface area contributed by atoms with Crippen molar-refractivity contribution in [3.8, 4) is 5.75 Å². The number of fused-ring (bicyclic) bond motifs is 1. The van der Waals surface area contributed by atoms with Gasteiger partial charge in [-0.25, -0.2) is 4.39 Å². The fourth-order valence-electron chi connectivity index (χ4n) is 3.29. The lowest BCUT2D eigenvalue weighted by Crippen LogP contribution is -2.23. The molecule has 0 heterocycles. The summed E-state index contributed by atoms with van der Waals surface area (Å²) < 4.78 is 19.4. The number of amides is 2. The number of anilines is 1. The molecule has 2 amide bonds. The number of hydrogen-bond acceptors (Lipinski definition) is 3. The summed E-state index contributed by atoms with van der Waals surface area (Å²) in [4.78, 5) is 24.6. The standard InChI is InChI=1S/C26H21FN2O3/c27-23-10-4-2-7-20(23)16-28-26(31)19-12-14-21(15-13-19)29-25(30)17-32-24-11-5-8-18-6-1-3-9-22(18)24/h1-15H,16-17H2,(H,28,31)(H,29,30). The summed E-state index contributed by atoms with van der Waals surface area (Å²) in [7, 11) is 0. The van der Waals surface area contributed by atoms with Crippen LogP contribution in [0.5, 0.6) is 5.75 Å². The average molecular weight is 428 g/mol. The highest BCUT2D eigenvalue weighted by atomic mass is 19.1. The van der Waals surface area contributed by atoms with Crippen molar-refractivity contribution in [2.45, 2.75) is 6.54 Å². The number of nitrogens with one attached hydrogen (secondary N) is 2. The van der Waals surface area contributed by atoms with Gasteiger partial charge in [-0.05, 0) is 41.8 Å². The number of halogens is 1. The van der Waals surface area contributed by atoms with Gasteiger partial charge < -0.3 is 15.4 Å². The molecule has 0 aromatic heterocycles. The van der Waals surface area contributed by atoms with Crippen LogP contribution in [0.1, 0.15) is 15.9 Å². The van der Waals surface area contributed by atoms with E-state index in [1.165, 1.54) is 6.07 Å². The Morgan fingerprint density at radius 3 is 2.34 bits per heavy atom. The second-order valence-electron chi connectivity index (χ2n) is 7.17. The van der Waals surface area contributed by atoms with E-state index in [1.54, 1.807) is 42.5 Å². The SMILES string of the molecule is O=C(COc1cccc2ccccc12)Nc1ccc(C(=O)NCc2ccccc2F)cc1. The third-order valence-corrected chi connectivity index (χ3v) is 4.94. The van der Waals surface area contributed by atoms with Gasteiger partial charge in [-0.15, -0.1) is 0 Å². The largest absolute Gasteiger partial charge is 0.483 e. The molecular weight excluding hydrogens is 407 g/mol. The van der Waals surface area contributed by atoms with Crippen molar-refractivity contribution in [1.29, 1.82) is 0 Å². The Morgan fingerprint density at radius 2 is 1.53 bits per heavy atom. The Balaban J connectivity index is 1.30. The van der Waals surface area contributed by atoms with Crippen LogP contribution in [-0.2, 0) is 11.3 Å². The van der Waals surface area contributed by atoms with Gasteiger partial charge in [-0.3, -0.25) is 9.59 Å². The average Bonchev–Trinajstić information content (AvgIpc) is 2.82. The molecule has 0 unspecified atom stereocenters. The highest BCUT2D eigenvalue weighted by molar-refractivity contribution is 5.96. The molecule has 0 bridgehead atoms. The van der Waals surface area contributed by atoms with Crippen LogP contribution in [0.15, 0.2) is 91.0 Å². The minimum absolute atomic E-state index is 0.0928. The Hall–Kier alpha value is -4.19. The van der Waals surface area contributed by atoms with Crippen molar-refractivity contribution in [1.82, 2.24) is 5.32 Å². The van der Waals surface area contributed by atoms with Crippen molar-refractivity contribution in [3.05, 3.63) is 108 Å². The van der Waals surface area contributed by atoms with Crippen LogP contribution in [0.4, 0.5) is 10.1 Å². The van der Waals surface area contributed by atoms with Crippen LogP contribution in [0.3, 0.4) is 0 Å². The molecule has 160 valence electrons. The zero-order valence-electron chi connectivity index (χ0n) is 17.2. The summed E-state index contributed by atoms with van der Waals surface area (Å²) in [5.41, 5.74) is 1.37. The monoisotopic (exact) mass is 428 g/mol. The van der Waals surface area contributed by atoms with E-state index in [4.69, 9.17) is 4.74 Å². The first-order valence-electron chi connectivity index (χ1n) is 10.1. The van der Waals surface area contributed by atoms with Crippen molar-refractivity contribution in [2.24, 2.45) is 0 Å². The smallest absolute Gasteiger partial charge is 0.262 e. The van der Waals surface area contributed by atoms with E-state index in [0.717, 1.165) is 10.8 Å². The van der Waals surface area contributed by atoms with Crippen LogP contribution < -0.4 is 15.4 Å². The lowest BCUT2D eigenvalue weighted by atomic mass is 10.1. The van der Waals surface area contributed by atoms with E-state index in [9.17, 15) is 14.0 Å². The normalized spacial score (nSPS) is 10.5. The second kappa shape index (κ2) is 9.75. The Labute approximate surface area is 184 Å². The van der Waals surface area contributed by atoms with E-state index in [1.807, 2.05) is 42.5 Å². The number of carbonyl (C=O) groups excluding carboxylic acids is 2. The van der Waals surface area contributed by atoms with Gasteiger partial charge in [-0.1, -0.05) is 54.6 Å². The molecule has 0 fully saturated rings. The van der Waals surface area contributed by atoms with Gasteiger partial charge in [-0.2, -0.15) is 0 Å². The molecule has 4 aromatic rings. The quantitative estimate of drug-likeness (QED) is 0.439. The Bertz CT molecular complexity index is 1250. The summed E-state index contributed by atoms with van der Waals surface area (Å²) in [5.74, 6) is -0.364. The van der Waals surface area contributed by atoms with E-state index in [0.29, 0.717) is 22.6 Å². The van der Waals surface area contributed by atoms with Crippen LogP contribution >= 0.6 is 0 Å². The molecule has 0 aliphatic rings. The van der Waals surface area contributed by atoms with Crippen LogP contribution in [0.2, 0.25) is 0 Å². The number of carbonyl (C=O) groups is 2. The van der Waals surface area contributed by atoms with Crippen molar-refractivity contribution < 1.29 is 18.7 Å². The summed E-state index contributed by atoms with van der Waals surface area (Å²) in [6.45, 7) is -0.0472. The molecule has 0 aliphatic carbocycles. The van der Waals surface area contributed by atoms with E-state index in [-0.39, 0.29) is 30.8 Å². The third-order valence-electron chi connectivity index (χ3n) is 4.94. The molecule has 2 N–H and O–H groups in total. The molecule has 32 heavy (non-hydrogen) atoms. The lowest BCUT2D eigenvalue weighted by molar-refractivity contribution is -0.118. The summed E-state index contributed by atoms with van der Waals surface area (Å²) in [5, 5.41) is 7.40. The maximum absolute atomic E-state index is 13.7. The molecule has 6 heteroatoms. The fourth-order valence-corrected chi connectivity index (χ4v) is 3.29. The van der Waals surface area contributed by atoms with Crippen LogP contribution in [0, 0.1) is 5.82 Å². The molecule has 0 saturated heterocycles. The Kier molecular flexibility index (Phi) is 6.41. The van der Waals surface area contributed by atoms with Gasteiger partial charge in [0.2, 0.25) is 0 Å². The maximum atomic E-state index is 13.7. The number of benzene rings is 4. The van der Waals surface area contributed by atoms with Gasteiger partial charge in [0, 0.05) is 28.7 Å². The van der Waals surface area contributed by atoms with Gasteiger partial charge in [0.05, 0.1) is 0 Å². The summed E-state index contributed by atoms with van der Waals surface area (Å²) in [6.07, 6.45) is 0. The number of ether oxygens (including phenoxy) is 1. The summed E-state index contributed by atoms with van der Waals surface area (Å²) in [6, 6.07) is 26.2. The van der Waals surface area contributed by atoms with Crippen molar-refractivity contribution >= 4 is 28.3 Å². The third kappa shape index (κ3) is 5.10. The van der Waals surface area contributed by atoms with E-state index in [2.05, 4.69) is 10.6 Å². The number of hydrogen-bond donors (Lipinski definition) is 2. The number of rotatable bonds is 7. The molecule has 4 aromatic carbocycles. The van der Waals surface area contributed by atoms with Gasteiger partial charge >= 0.3 is 0 Å². The molecule has 5 nitrogen and oxygen atoms in total. The predicted octanol–water partition coefficient (Wildman–Crippen LogP) is 4.93. The molecular formula is C26H21FN2O3. The van der Waals surface area contributed by atoms with Gasteiger partial charge in [0.1, 0.15) is 11.6 Å². The highest BCUT2D eigenvalue weighted by Crippen LogP contribution is 2.25. The van der Waals surface area contributed by atoms with E-state index < -0.39 is 0 Å². The molecule has 0 atom stereocenters. The molecule has 4 rings (SSSR count). The molecule has 0 saturated carbocycles. The first-order valence-corrected chi connectivity index (χ1v) is 10.1. The zero-order valence-corrected chi connectivity index (χ0v) is 17.2. The first-order chi connectivity index (χ1) is 15.6. The van der Waals surface area contributed by atoms with Crippen LogP contribution in [0.25, 0.3) is 10.8 Å². The van der Waals surface area contributed by atoms with Crippen LogP contribution in [-0.4, -0.2) is 18.4 Å². The molecule has 0 radical (unpaired) electrons. The van der Waals surface area contributed by atoms with E-state index >= 15 is 0 Å². The summed E-state index contributed by atoms with van der Waals surface area (Å²) >= 11 is 0. The maximum Gasteiger partial charge on any atom is 0.262 e. The van der Waals surface area contributed by atoms with Gasteiger partial charge in [0.25, 0.3) is 11.8 Å². The van der Waals surface area contributed by atoms with Crippen molar-refractivity contribution in [2.75, 3.05) is 11.9 Å². The lowest BCUT2D eigenvalue weighted by Gasteiger charge is -2.10. The molecule has 0 spiro atoms. The van der Waals surface area contributed by atoms with Gasteiger partial charge in [0.15, 0.2) is 6.61 Å². The zero-order chi connectivity index (χ0) is 22.3.